The summed E-state index contributed by atoms with van der Waals surface area (Å²) in [6.07, 6.45) is -4.44. The maximum absolute atomic E-state index is 14.7. The number of alkyl halides is 3. The summed E-state index contributed by atoms with van der Waals surface area (Å²) in [6.45, 7) is 2.07. The van der Waals surface area contributed by atoms with Crippen molar-refractivity contribution in [1.82, 2.24) is 10.2 Å². The van der Waals surface area contributed by atoms with Gasteiger partial charge in [0.1, 0.15) is 12.4 Å². The third-order valence-corrected chi connectivity index (χ3v) is 5.58. The predicted octanol–water partition coefficient (Wildman–Crippen LogP) is 4.75. The fraction of sp³-hybridized carbons (Fsp3) is 0.435. The lowest BCUT2D eigenvalue weighted by molar-refractivity contribution is -0.176. The molecule has 0 radical (unpaired) electrons. The van der Waals surface area contributed by atoms with Gasteiger partial charge >= 0.3 is 6.18 Å². The minimum Gasteiger partial charge on any atom is -0.376 e. The molecule has 10 heteroatoms. The van der Waals surface area contributed by atoms with Gasteiger partial charge in [0.15, 0.2) is 0 Å². The molecule has 0 saturated carbocycles. The highest BCUT2D eigenvalue weighted by Gasteiger charge is 2.30. The number of halogens is 5. The predicted molar refractivity (Wildman–Crippen MR) is 116 cm³/mol. The van der Waals surface area contributed by atoms with Crippen molar-refractivity contribution in [2.24, 2.45) is 0 Å². The highest BCUT2D eigenvalue weighted by Crippen LogP contribution is 2.31. The maximum Gasteiger partial charge on any atom is 0.411 e. The molecule has 1 aliphatic heterocycles. The van der Waals surface area contributed by atoms with Crippen molar-refractivity contribution in [2.45, 2.75) is 31.9 Å². The lowest BCUT2D eigenvalue weighted by Crippen LogP contribution is -2.47. The van der Waals surface area contributed by atoms with Gasteiger partial charge in [0.05, 0.1) is 25.4 Å². The fourth-order valence-electron chi connectivity index (χ4n) is 3.70. The van der Waals surface area contributed by atoms with E-state index >= 15 is 0 Å². The quantitative estimate of drug-likeness (QED) is 0.545. The van der Waals surface area contributed by atoms with Gasteiger partial charge in [-0.2, -0.15) is 13.2 Å². The number of amides is 1. The first-order chi connectivity index (χ1) is 15.6. The van der Waals surface area contributed by atoms with E-state index in [0.29, 0.717) is 36.4 Å². The molecule has 5 nitrogen and oxygen atoms in total. The second kappa shape index (κ2) is 11.3. The minimum atomic E-state index is -4.39. The molecule has 180 valence electrons. The summed E-state index contributed by atoms with van der Waals surface area (Å²) >= 11 is 6.31. The van der Waals surface area contributed by atoms with Crippen molar-refractivity contribution in [1.29, 1.82) is 0 Å². The zero-order valence-electron chi connectivity index (χ0n) is 18.0. The Bertz CT molecular complexity index is 920. The lowest BCUT2D eigenvalue weighted by atomic mass is 10.0. The monoisotopic (exact) mass is 488 g/mol. The molecule has 1 fully saturated rings. The van der Waals surface area contributed by atoms with Crippen LogP contribution >= 0.6 is 11.6 Å². The number of ether oxygens (including phenoxy) is 2. The van der Waals surface area contributed by atoms with Crippen LogP contribution in [0.15, 0.2) is 42.5 Å². The Morgan fingerprint density at radius 2 is 2.00 bits per heavy atom. The third kappa shape index (κ3) is 7.40. The van der Waals surface area contributed by atoms with E-state index in [0.717, 1.165) is 0 Å². The van der Waals surface area contributed by atoms with Gasteiger partial charge < -0.3 is 14.8 Å². The van der Waals surface area contributed by atoms with Crippen LogP contribution in [-0.2, 0) is 16.1 Å². The van der Waals surface area contributed by atoms with E-state index in [9.17, 15) is 22.4 Å². The normalized spacial score (nSPS) is 18.2. The second-order valence-corrected chi connectivity index (χ2v) is 8.25. The average molecular weight is 489 g/mol. The summed E-state index contributed by atoms with van der Waals surface area (Å²) < 4.78 is 61.4. The Morgan fingerprint density at radius 3 is 2.64 bits per heavy atom. The van der Waals surface area contributed by atoms with Gasteiger partial charge in [-0.1, -0.05) is 29.8 Å². The number of nitrogens with zero attached hydrogens (tertiary/aromatic N) is 1. The summed E-state index contributed by atoms with van der Waals surface area (Å²) in [5.74, 6) is -0.847. The first kappa shape index (κ1) is 25.4. The molecule has 2 aromatic rings. The number of rotatable bonds is 8. The fourth-order valence-corrected chi connectivity index (χ4v) is 3.99. The lowest BCUT2D eigenvalue weighted by Gasteiger charge is -2.38. The van der Waals surface area contributed by atoms with Crippen LogP contribution in [0.3, 0.4) is 0 Å². The van der Waals surface area contributed by atoms with Gasteiger partial charge in [0, 0.05) is 35.8 Å². The SMILES string of the molecule is CC1CN(C(CNC(=O)c2ccc(COCC(F)(F)F)cc2)c2c(F)cccc2Cl)CCO1. The number of carbonyl (C=O) groups excluding carboxylic acids is 1. The molecular formula is C23H25ClF4N2O3. The second-order valence-electron chi connectivity index (χ2n) is 7.84. The maximum atomic E-state index is 14.7. The summed E-state index contributed by atoms with van der Waals surface area (Å²) in [4.78, 5) is 14.7. The summed E-state index contributed by atoms with van der Waals surface area (Å²) in [6, 6.07) is 10.0. The first-order valence-electron chi connectivity index (χ1n) is 10.4. The molecule has 0 spiro atoms. The molecule has 1 aliphatic rings. The zero-order valence-corrected chi connectivity index (χ0v) is 18.8. The molecule has 0 bridgehead atoms. The van der Waals surface area contributed by atoms with Crippen LogP contribution in [-0.4, -0.2) is 55.9 Å². The molecule has 2 aromatic carbocycles. The number of benzene rings is 2. The van der Waals surface area contributed by atoms with Crippen molar-refractivity contribution in [3.05, 3.63) is 70.0 Å². The van der Waals surface area contributed by atoms with Crippen LogP contribution in [0.25, 0.3) is 0 Å². The third-order valence-electron chi connectivity index (χ3n) is 5.25. The molecule has 1 N–H and O–H groups in total. The van der Waals surface area contributed by atoms with Crippen molar-refractivity contribution in [3.8, 4) is 0 Å². The Kier molecular flexibility index (Phi) is 8.69. The van der Waals surface area contributed by atoms with Gasteiger partial charge in [-0.25, -0.2) is 4.39 Å². The number of hydrogen-bond donors (Lipinski definition) is 1. The van der Waals surface area contributed by atoms with Crippen LogP contribution in [0.2, 0.25) is 5.02 Å². The van der Waals surface area contributed by atoms with Gasteiger partial charge in [-0.15, -0.1) is 0 Å². The Balaban J connectivity index is 1.67. The molecular weight excluding hydrogens is 464 g/mol. The van der Waals surface area contributed by atoms with E-state index in [1.807, 2.05) is 11.8 Å². The summed E-state index contributed by atoms with van der Waals surface area (Å²) in [5.41, 5.74) is 1.14. The van der Waals surface area contributed by atoms with Crippen LogP contribution in [0.1, 0.15) is 34.5 Å². The van der Waals surface area contributed by atoms with Gasteiger partial charge in [-0.3, -0.25) is 9.69 Å². The van der Waals surface area contributed by atoms with Crippen molar-refractivity contribution >= 4 is 17.5 Å². The molecule has 1 amide bonds. The Morgan fingerprint density at radius 1 is 1.27 bits per heavy atom. The Labute approximate surface area is 194 Å². The highest BCUT2D eigenvalue weighted by molar-refractivity contribution is 6.31. The van der Waals surface area contributed by atoms with Crippen LogP contribution < -0.4 is 5.32 Å². The van der Waals surface area contributed by atoms with Gasteiger partial charge in [0.25, 0.3) is 5.91 Å². The van der Waals surface area contributed by atoms with E-state index in [4.69, 9.17) is 16.3 Å². The standard InChI is InChI=1S/C23H25ClF4N2O3/c1-15-12-30(9-10-33-15)20(21-18(24)3-2-4-19(21)25)11-29-22(31)17-7-5-16(6-8-17)13-32-14-23(26,27)28/h2-8,15,20H,9-14H2,1H3,(H,29,31). The number of carbonyl (C=O) groups is 1. The van der Waals surface area contributed by atoms with E-state index in [2.05, 4.69) is 10.1 Å². The van der Waals surface area contributed by atoms with E-state index in [1.54, 1.807) is 6.07 Å². The molecule has 1 heterocycles. The van der Waals surface area contributed by atoms with Crippen molar-refractivity contribution in [2.75, 3.05) is 32.8 Å². The molecule has 33 heavy (non-hydrogen) atoms. The molecule has 2 atom stereocenters. The molecule has 2 unspecified atom stereocenters. The largest absolute Gasteiger partial charge is 0.411 e. The van der Waals surface area contributed by atoms with Crippen LogP contribution in [0.4, 0.5) is 17.6 Å². The number of morpholine rings is 1. The van der Waals surface area contributed by atoms with Gasteiger partial charge in [-0.05, 0) is 36.8 Å². The number of hydrogen-bond acceptors (Lipinski definition) is 4. The molecule has 0 aromatic heterocycles. The first-order valence-corrected chi connectivity index (χ1v) is 10.8. The smallest absolute Gasteiger partial charge is 0.376 e. The van der Waals surface area contributed by atoms with E-state index in [-0.39, 0.29) is 24.3 Å². The van der Waals surface area contributed by atoms with Crippen LogP contribution in [0.5, 0.6) is 0 Å². The minimum absolute atomic E-state index is 0.0467. The molecule has 0 aliphatic carbocycles. The Hall–Kier alpha value is -2.20. The summed E-state index contributed by atoms with van der Waals surface area (Å²) in [7, 11) is 0. The van der Waals surface area contributed by atoms with Crippen molar-refractivity contribution < 1.29 is 31.8 Å². The summed E-state index contributed by atoms with van der Waals surface area (Å²) in [5, 5.41) is 3.09. The molecule has 1 saturated heterocycles. The number of nitrogens with one attached hydrogen (secondary N) is 1. The average Bonchev–Trinajstić information content (AvgIpc) is 2.75. The van der Waals surface area contributed by atoms with Crippen molar-refractivity contribution in [3.63, 3.8) is 0 Å². The topological polar surface area (TPSA) is 50.8 Å². The van der Waals surface area contributed by atoms with Gasteiger partial charge in [0.2, 0.25) is 0 Å². The van der Waals surface area contributed by atoms with Crippen LogP contribution in [0, 0.1) is 5.82 Å². The zero-order chi connectivity index (χ0) is 24.0. The highest BCUT2D eigenvalue weighted by atomic mass is 35.5. The van der Waals surface area contributed by atoms with E-state index < -0.39 is 30.5 Å². The molecule has 3 rings (SSSR count). The van der Waals surface area contributed by atoms with E-state index in [1.165, 1.54) is 36.4 Å².